The lowest BCUT2D eigenvalue weighted by Gasteiger charge is -2.17. The zero-order valence-corrected chi connectivity index (χ0v) is 13.2. The van der Waals surface area contributed by atoms with Crippen molar-refractivity contribution in [2.75, 3.05) is 32.7 Å². The van der Waals surface area contributed by atoms with Crippen molar-refractivity contribution in [3.63, 3.8) is 0 Å². The van der Waals surface area contributed by atoms with Gasteiger partial charge in [0.15, 0.2) is 17.4 Å². The van der Waals surface area contributed by atoms with E-state index < -0.39 is 36.7 Å². The minimum atomic E-state index is -1.28. The fourth-order valence-corrected chi connectivity index (χ4v) is 2.54. The maximum absolute atomic E-state index is 12.1. The quantitative estimate of drug-likeness (QED) is 0.377. The molecule has 3 heterocycles. The molecule has 0 radical (unpaired) electrons. The smallest absolute Gasteiger partial charge is 0.280 e. The van der Waals surface area contributed by atoms with Crippen LogP contribution < -0.4 is 10.9 Å². The zero-order valence-electron chi connectivity index (χ0n) is 13.2. The van der Waals surface area contributed by atoms with Crippen LogP contribution in [0.25, 0.3) is 11.2 Å². The largest absolute Gasteiger partial charge is 0.394 e. The van der Waals surface area contributed by atoms with Crippen LogP contribution in [0.3, 0.4) is 0 Å². The highest BCUT2D eigenvalue weighted by molar-refractivity contribution is 5.70. The predicted octanol–water partition coefficient (Wildman–Crippen LogP) is -2.34. The molecule has 0 unspecified atom stereocenters. The van der Waals surface area contributed by atoms with E-state index in [1.165, 1.54) is 10.9 Å². The van der Waals surface area contributed by atoms with Gasteiger partial charge >= 0.3 is 0 Å². The Kier molecular flexibility index (Phi) is 4.51. The second-order valence-corrected chi connectivity index (χ2v) is 5.88. The molecule has 4 atom stereocenters. The highest BCUT2D eigenvalue weighted by Crippen LogP contribution is 2.30. The number of hydrogen-bond acceptors (Lipinski definition) is 9. The fourth-order valence-electron chi connectivity index (χ4n) is 2.54. The summed E-state index contributed by atoms with van der Waals surface area (Å²) >= 11 is 0. The van der Waals surface area contributed by atoms with E-state index in [1.807, 2.05) is 19.0 Å². The van der Waals surface area contributed by atoms with Crippen molar-refractivity contribution in [2.24, 2.45) is 0 Å². The number of aromatic amines is 1. The lowest BCUT2D eigenvalue weighted by Crippen LogP contribution is -2.33. The summed E-state index contributed by atoms with van der Waals surface area (Å²) in [6, 6.07) is 0. The fraction of sp³-hybridized carbons (Fsp3) is 0.615. The standard InChI is InChI=1S/C13H20N6O5/c1-18(2)4-15-13-16-10-7(11(23)17-13)14-5-19(10)12-9(22)8(21)6(3-20)24-12/h5-6,8-9,12,20-22H,3-4H2,1-2H3,(H2,15,16,17,23)/t6-,8-,9-,12-/m1/s1. The molecule has 0 aliphatic carbocycles. The molecule has 0 aromatic carbocycles. The number of rotatable bonds is 5. The van der Waals surface area contributed by atoms with Gasteiger partial charge in [-0.05, 0) is 14.1 Å². The molecule has 1 fully saturated rings. The SMILES string of the molecule is CN(C)CNc1nc2c(ncn2[C@@H]2O[C@H](CO)[C@@H](O)[C@H]2O)c(=O)[nH]1. The summed E-state index contributed by atoms with van der Waals surface area (Å²) in [4.78, 5) is 24.8. The number of hydrogen-bond donors (Lipinski definition) is 5. The van der Waals surface area contributed by atoms with Gasteiger partial charge in [0, 0.05) is 0 Å². The number of imidazole rings is 1. The Balaban J connectivity index is 1.98. The summed E-state index contributed by atoms with van der Waals surface area (Å²) in [5.41, 5.74) is -0.148. The van der Waals surface area contributed by atoms with E-state index in [2.05, 4.69) is 20.3 Å². The van der Waals surface area contributed by atoms with Gasteiger partial charge in [0.1, 0.15) is 18.3 Å². The molecule has 5 N–H and O–H groups in total. The van der Waals surface area contributed by atoms with Crippen molar-refractivity contribution in [3.8, 4) is 0 Å². The van der Waals surface area contributed by atoms with Crippen molar-refractivity contribution in [3.05, 3.63) is 16.7 Å². The molecule has 11 heteroatoms. The number of H-pyrrole nitrogens is 1. The number of ether oxygens (including phenoxy) is 1. The third kappa shape index (κ3) is 2.87. The lowest BCUT2D eigenvalue weighted by atomic mass is 10.1. The Hall–Kier alpha value is -2.05. The Bertz CT molecular complexity index is 774. The van der Waals surface area contributed by atoms with Crippen LogP contribution in [0, 0.1) is 0 Å². The Morgan fingerprint density at radius 2 is 2.17 bits per heavy atom. The van der Waals surface area contributed by atoms with Crippen LogP contribution in [-0.4, -0.2) is 85.4 Å². The molecule has 0 spiro atoms. The molecule has 0 saturated carbocycles. The van der Waals surface area contributed by atoms with Gasteiger partial charge < -0.3 is 25.4 Å². The topological polar surface area (TPSA) is 149 Å². The number of nitrogens with zero attached hydrogens (tertiary/aromatic N) is 4. The van der Waals surface area contributed by atoms with Gasteiger partial charge in [0.2, 0.25) is 5.95 Å². The normalized spacial score (nSPS) is 27.2. The van der Waals surface area contributed by atoms with E-state index in [-0.39, 0.29) is 17.1 Å². The third-order valence-corrected chi connectivity index (χ3v) is 3.79. The van der Waals surface area contributed by atoms with Crippen molar-refractivity contribution >= 4 is 17.1 Å². The Labute approximate surface area is 136 Å². The zero-order chi connectivity index (χ0) is 17.4. The summed E-state index contributed by atoms with van der Waals surface area (Å²) < 4.78 is 6.83. The van der Waals surface area contributed by atoms with Crippen molar-refractivity contribution in [1.82, 2.24) is 24.4 Å². The molecule has 132 valence electrons. The number of fused-ring (bicyclic) bond motifs is 1. The Morgan fingerprint density at radius 3 is 2.79 bits per heavy atom. The van der Waals surface area contributed by atoms with Crippen molar-refractivity contribution in [1.29, 1.82) is 0 Å². The minimum absolute atomic E-state index is 0.0862. The van der Waals surface area contributed by atoms with E-state index in [0.717, 1.165) is 0 Å². The molecule has 1 saturated heterocycles. The molecule has 11 nitrogen and oxygen atoms in total. The van der Waals surface area contributed by atoms with E-state index >= 15 is 0 Å². The van der Waals surface area contributed by atoms with Gasteiger partial charge in [-0.2, -0.15) is 4.98 Å². The molecule has 0 bridgehead atoms. The first-order chi connectivity index (χ1) is 11.4. The summed E-state index contributed by atoms with van der Waals surface area (Å²) in [5.74, 6) is 0.245. The summed E-state index contributed by atoms with van der Waals surface area (Å²) in [6.45, 7) is 0.0153. The van der Waals surface area contributed by atoms with Gasteiger partial charge in [-0.25, -0.2) is 4.98 Å². The molecule has 24 heavy (non-hydrogen) atoms. The third-order valence-electron chi connectivity index (χ3n) is 3.79. The van der Waals surface area contributed by atoms with Crippen molar-refractivity contribution in [2.45, 2.75) is 24.5 Å². The van der Waals surface area contributed by atoms with Gasteiger partial charge in [0.05, 0.1) is 19.6 Å². The van der Waals surface area contributed by atoms with E-state index in [1.54, 1.807) is 0 Å². The van der Waals surface area contributed by atoms with Gasteiger partial charge in [-0.3, -0.25) is 19.2 Å². The van der Waals surface area contributed by atoms with Gasteiger partial charge in [-0.15, -0.1) is 0 Å². The van der Waals surface area contributed by atoms with Crippen LogP contribution >= 0.6 is 0 Å². The second kappa shape index (κ2) is 6.45. The summed E-state index contributed by atoms with van der Waals surface area (Å²) in [7, 11) is 3.71. The molecule has 1 aliphatic rings. The lowest BCUT2D eigenvalue weighted by molar-refractivity contribution is -0.0511. The molecular weight excluding hydrogens is 320 g/mol. The average molecular weight is 340 g/mol. The van der Waals surface area contributed by atoms with Gasteiger partial charge in [0.25, 0.3) is 5.56 Å². The molecule has 1 aliphatic heterocycles. The first-order valence-electron chi connectivity index (χ1n) is 7.40. The maximum Gasteiger partial charge on any atom is 0.280 e. The number of aliphatic hydroxyl groups excluding tert-OH is 3. The van der Waals surface area contributed by atoms with Crippen LogP contribution in [0.1, 0.15) is 6.23 Å². The highest BCUT2D eigenvalue weighted by atomic mass is 16.6. The number of nitrogens with one attached hydrogen (secondary N) is 2. The maximum atomic E-state index is 12.1. The first-order valence-corrected chi connectivity index (χ1v) is 7.40. The summed E-state index contributed by atoms with van der Waals surface area (Å²) in [5, 5.41) is 32.1. The predicted molar refractivity (Wildman–Crippen MR) is 83.3 cm³/mol. The van der Waals surface area contributed by atoms with Gasteiger partial charge in [-0.1, -0.05) is 0 Å². The molecule has 0 amide bonds. The highest BCUT2D eigenvalue weighted by Gasteiger charge is 2.44. The first kappa shape index (κ1) is 16.8. The molecular formula is C13H20N6O5. The van der Waals surface area contributed by atoms with Crippen LogP contribution in [-0.2, 0) is 4.74 Å². The van der Waals surface area contributed by atoms with Crippen LogP contribution in [0.5, 0.6) is 0 Å². The van der Waals surface area contributed by atoms with Crippen molar-refractivity contribution < 1.29 is 20.1 Å². The molecule has 2 aromatic heterocycles. The van der Waals surface area contributed by atoms with E-state index in [0.29, 0.717) is 6.67 Å². The van der Waals surface area contributed by atoms with E-state index in [4.69, 9.17) is 4.74 Å². The number of aromatic nitrogens is 4. The van der Waals surface area contributed by atoms with E-state index in [9.17, 15) is 20.1 Å². The second-order valence-electron chi connectivity index (χ2n) is 5.88. The van der Waals surface area contributed by atoms with Crippen LogP contribution in [0.2, 0.25) is 0 Å². The summed E-state index contributed by atoms with van der Waals surface area (Å²) in [6.07, 6.45) is -3.14. The van der Waals surface area contributed by atoms with Crippen LogP contribution in [0.15, 0.2) is 11.1 Å². The number of anilines is 1. The number of aliphatic hydroxyl groups is 3. The molecule has 2 aromatic rings. The Morgan fingerprint density at radius 1 is 1.42 bits per heavy atom. The van der Waals surface area contributed by atoms with Crippen LogP contribution in [0.4, 0.5) is 5.95 Å². The average Bonchev–Trinajstić information content (AvgIpc) is 3.08. The minimum Gasteiger partial charge on any atom is -0.394 e. The molecule has 3 rings (SSSR count). The monoisotopic (exact) mass is 340 g/mol.